The van der Waals surface area contributed by atoms with E-state index in [0.717, 1.165) is 6.07 Å². The van der Waals surface area contributed by atoms with Crippen molar-refractivity contribution in [2.75, 3.05) is 18.4 Å². The van der Waals surface area contributed by atoms with Crippen LogP contribution in [0.25, 0.3) is 0 Å². The molecule has 0 spiro atoms. The third-order valence-corrected chi connectivity index (χ3v) is 3.82. The van der Waals surface area contributed by atoms with E-state index >= 15 is 0 Å². The van der Waals surface area contributed by atoms with Gasteiger partial charge in [0.15, 0.2) is 11.5 Å². The van der Waals surface area contributed by atoms with Crippen LogP contribution in [0, 0.1) is 0 Å². The standard InChI is InChI=1S/C15H15F3N4O2/c16-15(17,18)12-3-4-13(21-20-12)19-10-5-7-22(8-6-10)14(23)11-2-1-9-24-11/h1-4,9-10H,5-8H2,(H,19,21). The first-order valence-corrected chi connectivity index (χ1v) is 7.44. The molecule has 0 atom stereocenters. The lowest BCUT2D eigenvalue weighted by atomic mass is 10.0. The van der Waals surface area contributed by atoms with Crippen LogP contribution in [-0.4, -0.2) is 40.1 Å². The molecule has 24 heavy (non-hydrogen) atoms. The Kier molecular flexibility index (Phi) is 4.41. The number of carbonyl (C=O) groups is 1. The number of likely N-dealkylation sites (tertiary alicyclic amines) is 1. The summed E-state index contributed by atoms with van der Waals surface area (Å²) in [4.78, 5) is 13.8. The number of alkyl halides is 3. The van der Waals surface area contributed by atoms with E-state index in [2.05, 4.69) is 15.5 Å². The third-order valence-electron chi connectivity index (χ3n) is 3.82. The van der Waals surface area contributed by atoms with Crippen molar-refractivity contribution in [3.8, 4) is 0 Å². The first kappa shape index (κ1) is 16.3. The van der Waals surface area contributed by atoms with Gasteiger partial charge in [0.1, 0.15) is 5.82 Å². The predicted molar refractivity (Wildman–Crippen MR) is 78.3 cm³/mol. The van der Waals surface area contributed by atoms with Crippen LogP contribution >= 0.6 is 0 Å². The molecule has 0 aromatic carbocycles. The van der Waals surface area contributed by atoms with E-state index in [1.165, 1.54) is 12.3 Å². The molecule has 2 aromatic rings. The maximum Gasteiger partial charge on any atom is 0.435 e. The topological polar surface area (TPSA) is 71.3 Å². The van der Waals surface area contributed by atoms with Crippen LogP contribution in [0.3, 0.4) is 0 Å². The van der Waals surface area contributed by atoms with Crippen LogP contribution in [0.15, 0.2) is 34.9 Å². The zero-order valence-corrected chi connectivity index (χ0v) is 12.6. The summed E-state index contributed by atoms with van der Waals surface area (Å²) in [6, 6.07) is 5.45. The van der Waals surface area contributed by atoms with Gasteiger partial charge in [0, 0.05) is 19.1 Å². The van der Waals surface area contributed by atoms with Crippen LogP contribution in [0.4, 0.5) is 19.0 Å². The molecule has 2 aromatic heterocycles. The molecule has 0 radical (unpaired) electrons. The van der Waals surface area contributed by atoms with Gasteiger partial charge in [-0.05, 0) is 37.1 Å². The van der Waals surface area contributed by atoms with Crippen molar-refractivity contribution >= 4 is 11.7 Å². The minimum atomic E-state index is -4.50. The summed E-state index contributed by atoms with van der Waals surface area (Å²) in [5, 5.41) is 9.79. The molecule has 9 heteroatoms. The molecule has 0 unspecified atom stereocenters. The van der Waals surface area contributed by atoms with E-state index in [9.17, 15) is 18.0 Å². The summed E-state index contributed by atoms with van der Waals surface area (Å²) >= 11 is 0. The van der Waals surface area contributed by atoms with E-state index in [0.29, 0.717) is 37.5 Å². The molecular formula is C15H15F3N4O2. The number of rotatable bonds is 3. The Morgan fingerprint density at radius 3 is 2.50 bits per heavy atom. The van der Waals surface area contributed by atoms with Gasteiger partial charge in [-0.2, -0.15) is 13.2 Å². The van der Waals surface area contributed by atoms with Crippen LogP contribution in [0.5, 0.6) is 0 Å². The molecule has 3 rings (SSSR count). The lowest BCUT2D eigenvalue weighted by Gasteiger charge is -2.32. The fourth-order valence-electron chi connectivity index (χ4n) is 2.55. The Morgan fingerprint density at radius 1 is 1.21 bits per heavy atom. The second-order valence-corrected chi connectivity index (χ2v) is 5.49. The summed E-state index contributed by atoms with van der Waals surface area (Å²) in [6.07, 6.45) is -1.72. The van der Waals surface area contributed by atoms with Crippen LogP contribution < -0.4 is 5.32 Å². The summed E-state index contributed by atoms with van der Waals surface area (Å²) in [5.41, 5.74) is -1.02. The fraction of sp³-hybridized carbons (Fsp3) is 0.400. The quantitative estimate of drug-likeness (QED) is 0.930. The zero-order chi connectivity index (χ0) is 17.2. The number of nitrogens with one attached hydrogen (secondary N) is 1. The van der Waals surface area contributed by atoms with Crippen LogP contribution in [0.1, 0.15) is 29.1 Å². The zero-order valence-electron chi connectivity index (χ0n) is 12.6. The van der Waals surface area contributed by atoms with Crippen molar-refractivity contribution in [2.45, 2.75) is 25.1 Å². The number of halogens is 3. The molecule has 0 saturated carbocycles. The van der Waals surface area contributed by atoms with Gasteiger partial charge in [0.2, 0.25) is 0 Å². The van der Waals surface area contributed by atoms with Crippen LogP contribution in [0.2, 0.25) is 0 Å². The first-order valence-electron chi connectivity index (χ1n) is 7.44. The van der Waals surface area contributed by atoms with E-state index in [-0.39, 0.29) is 11.9 Å². The number of anilines is 1. The fourth-order valence-corrected chi connectivity index (χ4v) is 2.55. The first-order chi connectivity index (χ1) is 11.4. The molecule has 1 fully saturated rings. The highest BCUT2D eigenvalue weighted by Gasteiger charge is 2.33. The smallest absolute Gasteiger partial charge is 0.435 e. The molecule has 1 amide bonds. The number of amides is 1. The van der Waals surface area contributed by atoms with Crippen molar-refractivity contribution in [2.24, 2.45) is 0 Å². The normalized spacial score (nSPS) is 16.2. The molecule has 0 bridgehead atoms. The highest BCUT2D eigenvalue weighted by molar-refractivity contribution is 5.91. The molecule has 6 nitrogen and oxygen atoms in total. The minimum Gasteiger partial charge on any atom is -0.459 e. The van der Waals surface area contributed by atoms with Gasteiger partial charge in [-0.25, -0.2) is 0 Å². The number of aromatic nitrogens is 2. The summed E-state index contributed by atoms with van der Waals surface area (Å²) in [5.74, 6) is 0.432. The molecule has 1 aliphatic heterocycles. The Labute approximate surface area is 135 Å². The second-order valence-electron chi connectivity index (χ2n) is 5.49. The van der Waals surface area contributed by atoms with Gasteiger partial charge >= 0.3 is 6.18 Å². The summed E-state index contributed by atoms with van der Waals surface area (Å²) in [7, 11) is 0. The number of hydrogen-bond acceptors (Lipinski definition) is 5. The lowest BCUT2D eigenvalue weighted by molar-refractivity contribution is -0.141. The van der Waals surface area contributed by atoms with E-state index in [4.69, 9.17) is 4.42 Å². The van der Waals surface area contributed by atoms with Gasteiger partial charge < -0.3 is 14.6 Å². The molecular weight excluding hydrogens is 325 g/mol. The van der Waals surface area contributed by atoms with Gasteiger partial charge in [-0.15, -0.1) is 10.2 Å². The highest BCUT2D eigenvalue weighted by atomic mass is 19.4. The average molecular weight is 340 g/mol. The maximum atomic E-state index is 12.4. The monoisotopic (exact) mass is 340 g/mol. The Balaban J connectivity index is 1.53. The predicted octanol–water partition coefficient (Wildman–Crippen LogP) is 2.81. The number of hydrogen-bond donors (Lipinski definition) is 1. The molecule has 1 saturated heterocycles. The summed E-state index contributed by atoms with van der Waals surface area (Å²) < 4.78 is 42.4. The van der Waals surface area contributed by atoms with E-state index < -0.39 is 11.9 Å². The number of furan rings is 1. The molecule has 0 aliphatic carbocycles. The Bertz CT molecular complexity index is 678. The van der Waals surface area contributed by atoms with Crippen molar-refractivity contribution in [1.29, 1.82) is 0 Å². The van der Waals surface area contributed by atoms with E-state index in [1.807, 2.05) is 0 Å². The molecule has 3 heterocycles. The average Bonchev–Trinajstić information content (AvgIpc) is 3.09. The molecule has 1 N–H and O–H groups in total. The largest absolute Gasteiger partial charge is 0.459 e. The van der Waals surface area contributed by atoms with Gasteiger partial charge in [-0.1, -0.05) is 0 Å². The minimum absolute atomic E-state index is 0.0247. The van der Waals surface area contributed by atoms with Gasteiger partial charge in [0.05, 0.1) is 6.26 Å². The number of piperidine rings is 1. The third kappa shape index (κ3) is 3.66. The van der Waals surface area contributed by atoms with Gasteiger partial charge in [-0.3, -0.25) is 4.79 Å². The SMILES string of the molecule is O=C(c1ccco1)N1CCC(Nc2ccc(C(F)(F)F)nn2)CC1. The van der Waals surface area contributed by atoms with Crippen molar-refractivity contribution in [1.82, 2.24) is 15.1 Å². The van der Waals surface area contributed by atoms with Crippen molar-refractivity contribution < 1.29 is 22.4 Å². The number of nitrogens with zero attached hydrogens (tertiary/aromatic N) is 3. The maximum absolute atomic E-state index is 12.4. The lowest BCUT2D eigenvalue weighted by Crippen LogP contribution is -2.42. The Hall–Kier alpha value is -2.58. The molecule has 1 aliphatic rings. The van der Waals surface area contributed by atoms with Crippen molar-refractivity contribution in [3.05, 3.63) is 42.0 Å². The highest BCUT2D eigenvalue weighted by Crippen LogP contribution is 2.27. The second kappa shape index (κ2) is 6.50. The molecule has 128 valence electrons. The summed E-state index contributed by atoms with van der Waals surface area (Å²) in [6.45, 7) is 1.07. The van der Waals surface area contributed by atoms with Crippen LogP contribution in [-0.2, 0) is 6.18 Å². The van der Waals surface area contributed by atoms with Crippen molar-refractivity contribution in [3.63, 3.8) is 0 Å². The number of carbonyl (C=O) groups excluding carboxylic acids is 1. The van der Waals surface area contributed by atoms with E-state index in [1.54, 1.807) is 17.0 Å². The Morgan fingerprint density at radius 2 is 1.96 bits per heavy atom. The van der Waals surface area contributed by atoms with Gasteiger partial charge in [0.25, 0.3) is 5.91 Å².